The molecule has 0 saturated carbocycles. The van der Waals surface area contributed by atoms with E-state index < -0.39 is 26.8 Å². The van der Waals surface area contributed by atoms with E-state index >= 15 is 0 Å². The van der Waals surface area contributed by atoms with E-state index in [1.165, 1.54) is 0 Å². The molecule has 0 aliphatic carbocycles. The summed E-state index contributed by atoms with van der Waals surface area (Å²) < 4.78 is 47.6. The summed E-state index contributed by atoms with van der Waals surface area (Å²) >= 11 is -3.03. The van der Waals surface area contributed by atoms with Crippen LogP contribution in [0.4, 0.5) is 4.79 Å². The maximum atomic E-state index is 9.86. The monoisotopic (exact) mass is 190 g/mol. The molecule has 0 bridgehead atoms. The summed E-state index contributed by atoms with van der Waals surface area (Å²) in [5.74, 6) is 0. The normalized spacial score (nSPS) is 14.2. The Balaban J connectivity index is 4.28. The van der Waals surface area contributed by atoms with E-state index in [0.717, 1.165) is 0 Å². The quantitative estimate of drug-likeness (QED) is 0.408. The largest absolute Gasteiger partial charge is 0.467 e. The van der Waals surface area contributed by atoms with Gasteiger partial charge in [-0.1, -0.05) is 0 Å². The highest BCUT2D eigenvalue weighted by Gasteiger charge is 2.22. The minimum Gasteiger partial charge on any atom is -0.329 e. The van der Waals surface area contributed by atoms with E-state index in [1.807, 2.05) is 0 Å². The average molecular weight is 190 g/mol. The topological polar surface area (TPSA) is 118 Å². The number of carbonyl (C=O) groups is 1. The van der Waals surface area contributed by atoms with Crippen LogP contribution in [0, 0.1) is 0 Å². The Morgan fingerprint density at radius 2 is 1.90 bits per heavy atom. The maximum Gasteiger partial charge on any atom is 0.467 e. The average Bonchev–Trinajstić information content (AvgIpc) is 1.60. The molecule has 0 radical (unpaired) electrons. The highest BCUT2D eigenvalue weighted by Crippen LogP contribution is 1.92. The first-order valence-corrected chi connectivity index (χ1v) is 4.12. The van der Waals surface area contributed by atoms with Gasteiger partial charge in [-0.2, -0.15) is 12.6 Å². The van der Waals surface area contributed by atoms with Crippen molar-refractivity contribution in [1.29, 1.82) is 0 Å². The van der Waals surface area contributed by atoms with Gasteiger partial charge < -0.3 is 4.18 Å². The van der Waals surface area contributed by atoms with E-state index in [4.69, 9.17) is 9.11 Å². The van der Waals surface area contributed by atoms with Crippen molar-refractivity contribution in [3.8, 4) is 0 Å². The molecule has 2 N–H and O–H groups in total. The van der Waals surface area contributed by atoms with E-state index in [0.29, 0.717) is 0 Å². The third-order valence-electron chi connectivity index (χ3n) is 0.350. The second-order valence-electron chi connectivity index (χ2n) is 1.03. The molecule has 0 rings (SSSR count). The van der Waals surface area contributed by atoms with Crippen molar-refractivity contribution in [2.75, 3.05) is 0 Å². The Morgan fingerprint density at radius 1 is 1.50 bits per heavy atom. The number of hydrogen-bond donors (Lipinski definition) is 2. The molecule has 0 heterocycles. The van der Waals surface area contributed by atoms with Gasteiger partial charge >= 0.3 is 26.8 Å². The van der Waals surface area contributed by atoms with Gasteiger partial charge in [0, 0.05) is 0 Å². The molecule has 0 saturated heterocycles. The van der Waals surface area contributed by atoms with Crippen LogP contribution >= 0.6 is 0 Å². The molecule has 0 aliphatic heterocycles. The van der Waals surface area contributed by atoms with Crippen LogP contribution in [0.5, 0.6) is 0 Å². The third kappa shape index (κ3) is 3.50. The molecule has 0 fully saturated rings. The SMILES string of the molecule is O=C(OS(=O)O)S(=O)(=O)O. The lowest BCUT2D eigenvalue weighted by molar-refractivity contribution is 0.221. The molecular formula is CH2O7S2. The molecule has 7 nitrogen and oxygen atoms in total. The van der Waals surface area contributed by atoms with Gasteiger partial charge in [-0.25, -0.2) is 4.79 Å². The molecule has 60 valence electrons. The molecule has 0 spiro atoms. The fourth-order valence-corrected chi connectivity index (χ4v) is 0.736. The van der Waals surface area contributed by atoms with Crippen LogP contribution in [0.15, 0.2) is 0 Å². The first-order valence-electron chi connectivity index (χ1n) is 1.64. The zero-order valence-corrected chi connectivity index (χ0v) is 5.89. The molecule has 1 atom stereocenters. The number of carbonyl (C=O) groups excluding carboxylic acids is 1. The van der Waals surface area contributed by atoms with Crippen LogP contribution in [-0.2, 0) is 25.7 Å². The van der Waals surface area contributed by atoms with Gasteiger partial charge in [0.05, 0.1) is 0 Å². The summed E-state index contributed by atoms with van der Waals surface area (Å²) in [6.45, 7) is 0. The van der Waals surface area contributed by atoms with Crippen molar-refractivity contribution in [3.05, 3.63) is 0 Å². The summed E-state index contributed by atoms with van der Waals surface area (Å²) in [6.07, 6.45) is 0. The highest BCUT2D eigenvalue weighted by molar-refractivity contribution is 8.01. The smallest absolute Gasteiger partial charge is 0.329 e. The second kappa shape index (κ2) is 3.05. The maximum absolute atomic E-state index is 9.86. The fraction of sp³-hybridized carbons (Fsp3) is 0. The van der Waals surface area contributed by atoms with Crippen molar-refractivity contribution >= 4 is 26.8 Å². The molecule has 1 unspecified atom stereocenters. The minimum atomic E-state index is -5.01. The Morgan fingerprint density at radius 3 is 2.00 bits per heavy atom. The Hall–Kier alpha value is -0.510. The van der Waals surface area contributed by atoms with Crippen LogP contribution in [0.3, 0.4) is 0 Å². The zero-order valence-electron chi connectivity index (χ0n) is 4.25. The summed E-state index contributed by atoms with van der Waals surface area (Å²) in [4.78, 5) is 9.86. The van der Waals surface area contributed by atoms with Crippen molar-refractivity contribution in [2.24, 2.45) is 0 Å². The lowest BCUT2D eigenvalue weighted by atomic mass is 11.6. The van der Waals surface area contributed by atoms with E-state index in [2.05, 4.69) is 4.18 Å². The summed E-state index contributed by atoms with van der Waals surface area (Å²) in [5, 5.41) is -2.16. The van der Waals surface area contributed by atoms with Crippen LogP contribution in [0.25, 0.3) is 0 Å². The number of hydrogen-bond acceptors (Lipinski definition) is 5. The van der Waals surface area contributed by atoms with E-state index in [-0.39, 0.29) is 0 Å². The van der Waals surface area contributed by atoms with Crippen LogP contribution < -0.4 is 0 Å². The van der Waals surface area contributed by atoms with Crippen molar-refractivity contribution in [3.63, 3.8) is 0 Å². The standard InChI is InChI=1S/CH2O7S2/c2-1(8-9(3)4)10(5,6)7/h(H,3,4)(H,5,6,7). The lowest BCUT2D eigenvalue weighted by Crippen LogP contribution is -2.15. The van der Waals surface area contributed by atoms with Crippen LogP contribution in [0.2, 0.25) is 0 Å². The lowest BCUT2D eigenvalue weighted by Gasteiger charge is -1.91. The van der Waals surface area contributed by atoms with Gasteiger partial charge in [-0.05, 0) is 0 Å². The fourth-order valence-electron chi connectivity index (χ4n) is 0.101. The van der Waals surface area contributed by atoms with Crippen molar-refractivity contribution in [1.82, 2.24) is 0 Å². The molecule has 0 amide bonds. The Labute approximate surface area is 58.2 Å². The Bertz CT molecular complexity index is 247. The summed E-state index contributed by atoms with van der Waals surface area (Å²) in [6, 6.07) is 0. The molecule has 10 heavy (non-hydrogen) atoms. The molecule has 0 aromatic carbocycles. The van der Waals surface area contributed by atoms with Gasteiger partial charge in [0.15, 0.2) is 0 Å². The molecular weight excluding hydrogens is 188 g/mol. The Kier molecular flexibility index (Phi) is 2.90. The van der Waals surface area contributed by atoms with Gasteiger partial charge in [-0.3, -0.25) is 9.11 Å². The molecule has 0 aromatic rings. The molecule has 9 heteroatoms. The zero-order chi connectivity index (χ0) is 8.36. The second-order valence-corrected chi connectivity index (χ2v) is 2.91. The minimum absolute atomic E-state index is 2.16. The predicted octanol–water partition coefficient (Wildman–Crippen LogP) is -0.852. The van der Waals surface area contributed by atoms with Crippen LogP contribution in [0.1, 0.15) is 0 Å². The van der Waals surface area contributed by atoms with Crippen molar-refractivity contribution in [2.45, 2.75) is 0 Å². The summed E-state index contributed by atoms with van der Waals surface area (Å²) in [5.41, 5.74) is 0. The third-order valence-corrected chi connectivity index (χ3v) is 1.25. The van der Waals surface area contributed by atoms with Gasteiger partial charge in [0.1, 0.15) is 0 Å². The van der Waals surface area contributed by atoms with Gasteiger partial charge in [0.25, 0.3) is 0 Å². The van der Waals surface area contributed by atoms with Crippen LogP contribution in [-0.4, -0.2) is 27.0 Å². The molecule has 0 aliphatic rings. The van der Waals surface area contributed by atoms with Gasteiger partial charge in [-0.15, -0.1) is 0 Å². The van der Waals surface area contributed by atoms with E-state index in [9.17, 15) is 17.4 Å². The highest BCUT2D eigenvalue weighted by atomic mass is 32.2. The first-order chi connectivity index (χ1) is 4.34. The summed E-state index contributed by atoms with van der Waals surface area (Å²) in [7, 11) is -5.01. The number of rotatable bonds is 1. The van der Waals surface area contributed by atoms with Crippen molar-refractivity contribution < 1.29 is 30.7 Å². The first kappa shape index (κ1) is 9.49. The van der Waals surface area contributed by atoms with Gasteiger partial charge in [0.2, 0.25) is 0 Å². The predicted molar refractivity (Wildman–Crippen MR) is 28.8 cm³/mol. The molecule has 0 aromatic heterocycles. The van der Waals surface area contributed by atoms with E-state index in [1.54, 1.807) is 0 Å².